The number of benzene rings is 3. The average molecular weight is 423 g/mol. The van der Waals surface area contributed by atoms with Crippen molar-refractivity contribution in [2.24, 2.45) is 0 Å². The fraction of sp³-hybridized carbons (Fsp3) is 0.100. The van der Waals surface area contributed by atoms with Crippen molar-refractivity contribution in [2.45, 2.75) is 12.3 Å². The molecule has 2 atom stereocenters. The molecule has 2 nitrogen and oxygen atoms in total. The topological polar surface area (TPSA) is 34.1 Å². The van der Waals surface area contributed by atoms with Gasteiger partial charge in [0, 0.05) is 22.9 Å². The van der Waals surface area contributed by atoms with Crippen LogP contribution in [-0.4, -0.2) is 0 Å². The quantitative estimate of drug-likeness (QED) is 0.432. The van der Waals surface area contributed by atoms with Gasteiger partial charge in [-0.3, -0.25) is 0 Å². The minimum atomic E-state index is -3.03. The number of halogens is 2. The Labute approximate surface area is 163 Å². The molecule has 2 unspecified atom stereocenters. The van der Waals surface area contributed by atoms with E-state index in [0.717, 1.165) is 11.1 Å². The Bertz CT molecular complexity index is 899. The molecule has 26 heavy (non-hydrogen) atoms. The van der Waals surface area contributed by atoms with Crippen molar-refractivity contribution >= 4 is 46.1 Å². The molecule has 0 heterocycles. The molecule has 0 saturated heterocycles. The van der Waals surface area contributed by atoms with Gasteiger partial charge in [-0.1, -0.05) is 84.9 Å². The summed E-state index contributed by atoms with van der Waals surface area (Å²) < 4.78 is 25.8. The highest BCUT2D eigenvalue weighted by Gasteiger charge is 2.24. The summed E-state index contributed by atoms with van der Waals surface area (Å²) >= 11 is 12.7. The van der Waals surface area contributed by atoms with Gasteiger partial charge in [0.05, 0.1) is 0 Å². The summed E-state index contributed by atoms with van der Waals surface area (Å²) in [5.41, 5.74) is 1.68. The zero-order valence-electron chi connectivity index (χ0n) is 14.0. The fourth-order valence-corrected chi connectivity index (χ4v) is 7.22. The molecule has 0 spiro atoms. The third-order valence-corrected chi connectivity index (χ3v) is 9.62. The van der Waals surface area contributed by atoms with E-state index in [1.54, 1.807) is 24.3 Å². The molecule has 0 aliphatic heterocycles. The van der Waals surface area contributed by atoms with Gasteiger partial charge < -0.3 is 9.13 Å². The van der Waals surface area contributed by atoms with Gasteiger partial charge in [0.2, 0.25) is 13.0 Å². The fourth-order valence-electron chi connectivity index (χ4n) is 2.78. The van der Waals surface area contributed by atoms with E-state index in [-0.39, 0.29) is 12.3 Å². The molecular weight excluding hydrogens is 405 g/mol. The molecule has 0 radical (unpaired) electrons. The molecule has 3 rings (SSSR count). The smallest absolute Gasteiger partial charge is 0.201 e. The minimum Gasteiger partial charge on any atom is -0.301 e. The second-order valence-electron chi connectivity index (χ2n) is 6.11. The third-order valence-electron chi connectivity index (χ3n) is 4.05. The summed E-state index contributed by atoms with van der Waals surface area (Å²) in [6.07, 6.45) is 0.481. The Morgan fingerprint density at radius 3 is 1.35 bits per heavy atom. The molecule has 0 bridgehead atoms. The first-order valence-electron chi connectivity index (χ1n) is 8.13. The van der Waals surface area contributed by atoms with Crippen LogP contribution in [0.3, 0.4) is 0 Å². The largest absolute Gasteiger partial charge is 0.301 e. The highest BCUT2D eigenvalue weighted by molar-refractivity contribution is 7.94. The van der Waals surface area contributed by atoms with Gasteiger partial charge in [-0.2, -0.15) is 0 Å². The van der Waals surface area contributed by atoms with E-state index in [9.17, 15) is 9.13 Å². The Morgan fingerprint density at radius 1 is 0.577 bits per heavy atom. The predicted octanol–water partition coefficient (Wildman–Crippen LogP) is 6.37. The second kappa shape index (κ2) is 8.15. The van der Waals surface area contributed by atoms with Gasteiger partial charge in [-0.15, -0.1) is 0 Å². The van der Waals surface area contributed by atoms with Crippen molar-refractivity contribution in [2.75, 3.05) is 0 Å². The molecule has 6 heteroatoms. The molecule has 134 valence electrons. The maximum absolute atomic E-state index is 12.9. The molecular formula is C20H18Cl2O2P2. The molecule has 0 N–H and O–H groups in total. The van der Waals surface area contributed by atoms with Crippen LogP contribution in [0.15, 0.2) is 84.9 Å². The van der Waals surface area contributed by atoms with Gasteiger partial charge in [0.1, 0.15) is 0 Å². The Morgan fingerprint density at radius 2 is 0.962 bits per heavy atom. The van der Waals surface area contributed by atoms with E-state index in [0.29, 0.717) is 10.6 Å². The zero-order chi connectivity index (χ0) is 18.6. The standard InChI is InChI=1S/C20H18Cl2O2P2/c21-25(23,19-10-3-1-4-11-19)15-17-8-7-9-18(14-17)16-26(22,24)20-12-5-2-6-13-20/h1-14H,15-16H2. The van der Waals surface area contributed by atoms with Crippen LogP contribution in [0.4, 0.5) is 0 Å². The first kappa shape index (κ1) is 19.5. The zero-order valence-corrected chi connectivity index (χ0v) is 17.3. The summed E-state index contributed by atoms with van der Waals surface area (Å²) in [6.45, 7) is -6.05. The van der Waals surface area contributed by atoms with E-state index in [2.05, 4.69) is 0 Å². The lowest BCUT2D eigenvalue weighted by Crippen LogP contribution is -2.03. The highest BCUT2D eigenvalue weighted by Crippen LogP contribution is 2.54. The first-order chi connectivity index (χ1) is 12.4. The molecule has 3 aromatic carbocycles. The van der Waals surface area contributed by atoms with Crippen LogP contribution in [0.2, 0.25) is 0 Å². The van der Waals surface area contributed by atoms with Crippen molar-refractivity contribution in [3.05, 3.63) is 96.1 Å². The first-order valence-corrected chi connectivity index (χ1v) is 13.7. The highest BCUT2D eigenvalue weighted by atomic mass is 35.7. The van der Waals surface area contributed by atoms with Gasteiger partial charge in [0.15, 0.2) is 0 Å². The normalized spacial score (nSPS) is 15.8. The summed E-state index contributed by atoms with van der Waals surface area (Å²) in [7, 11) is 0. The van der Waals surface area contributed by atoms with Gasteiger partial charge in [0.25, 0.3) is 0 Å². The molecule has 0 fully saturated rings. The molecule has 0 aliphatic carbocycles. The summed E-state index contributed by atoms with van der Waals surface area (Å²) in [5.74, 6) is 0. The van der Waals surface area contributed by atoms with Crippen LogP contribution in [0.25, 0.3) is 0 Å². The lowest BCUT2D eigenvalue weighted by atomic mass is 10.2. The monoisotopic (exact) mass is 422 g/mol. The van der Waals surface area contributed by atoms with E-state index in [1.807, 2.05) is 60.7 Å². The van der Waals surface area contributed by atoms with Crippen molar-refractivity contribution in [3.8, 4) is 0 Å². The summed E-state index contributed by atoms with van der Waals surface area (Å²) in [5, 5.41) is 1.28. The Balaban J connectivity index is 1.81. The Hall–Kier alpha value is -1.30. The van der Waals surface area contributed by atoms with Crippen LogP contribution in [0.1, 0.15) is 11.1 Å². The maximum Gasteiger partial charge on any atom is 0.201 e. The Kier molecular flexibility index (Phi) is 6.10. The second-order valence-corrected chi connectivity index (χ2v) is 13.7. The van der Waals surface area contributed by atoms with Gasteiger partial charge in [-0.25, -0.2) is 0 Å². The minimum absolute atomic E-state index is 0.240. The van der Waals surface area contributed by atoms with Crippen LogP contribution in [0, 0.1) is 0 Å². The van der Waals surface area contributed by atoms with Gasteiger partial charge >= 0.3 is 0 Å². The predicted molar refractivity (Wildman–Crippen MR) is 113 cm³/mol. The lowest BCUT2D eigenvalue weighted by molar-refractivity contribution is 0.589. The van der Waals surface area contributed by atoms with Crippen molar-refractivity contribution in [1.82, 2.24) is 0 Å². The molecule has 0 amide bonds. The molecule has 3 aromatic rings. The van der Waals surface area contributed by atoms with Crippen molar-refractivity contribution in [1.29, 1.82) is 0 Å². The molecule has 0 aliphatic rings. The maximum atomic E-state index is 12.9. The molecule has 0 aromatic heterocycles. The van der Waals surface area contributed by atoms with Crippen molar-refractivity contribution in [3.63, 3.8) is 0 Å². The summed E-state index contributed by atoms with van der Waals surface area (Å²) in [6, 6.07) is 25.6. The number of hydrogen-bond acceptors (Lipinski definition) is 2. The van der Waals surface area contributed by atoms with E-state index >= 15 is 0 Å². The van der Waals surface area contributed by atoms with Crippen LogP contribution < -0.4 is 10.6 Å². The number of hydrogen-bond donors (Lipinski definition) is 0. The van der Waals surface area contributed by atoms with E-state index < -0.39 is 13.0 Å². The van der Waals surface area contributed by atoms with Crippen LogP contribution in [-0.2, 0) is 21.5 Å². The van der Waals surface area contributed by atoms with Gasteiger partial charge in [-0.05, 0) is 33.6 Å². The lowest BCUT2D eigenvalue weighted by Gasteiger charge is -2.14. The third kappa shape index (κ3) is 4.90. The van der Waals surface area contributed by atoms with E-state index in [1.165, 1.54) is 0 Å². The number of rotatable bonds is 6. The SMILES string of the molecule is O=P(Cl)(Cc1cccc(CP(=O)(Cl)c2ccccc2)c1)c1ccccc1. The van der Waals surface area contributed by atoms with Crippen LogP contribution >= 0.6 is 35.5 Å². The molecule has 0 saturated carbocycles. The van der Waals surface area contributed by atoms with Crippen LogP contribution in [0.5, 0.6) is 0 Å². The summed E-state index contributed by atoms with van der Waals surface area (Å²) in [4.78, 5) is 0. The average Bonchev–Trinajstić information content (AvgIpc) is 2.63. The van der Waals surface area contributed by atoms with E-state index in [4.69, 9.17) is 22.5 Å². The van der Waals surface area contributed by atoms with Crippen molar-refractivity contribution < 1.29 is 9.13 Å².